The lowest BCUT2D eigenvalue weighted by atomic mass is 10.1. The summed E-state index contributed by atoms with van der Waals surface area (Å²) >= 11 is 0. The van der Waals surface area contributed by atoms with Crippen molar-refractivity contribution in [3.63, 3.8) is 0 Å². The molecule has 0 spiro atoms. The summed E-state index contributed by atoms with van der Waals surface area (Å²) < 4.78 is 13.0. The van der Waals surface area contributed by atoms with Crippen LogP contribution in [-0.4, -0.2) is 45.7 Å². The number of carboxylic acids is 1. The number of halogens is 1. The molecule has 1 saturated heterocycles. The first-order valence-electron chi connectivity index (χ1n) is 5.88. The first kappa shape index (κ1) is 13.5. The first-order chi connectivity index (χ1) is 8.90. The molecule has 1 fully saturated rings. The molecule has 1 aromatic carbocycles. The summed E-state index contributed by atoms with van der Waals surface area (Å²) in [6.07, 6.45) is -0.827. The van der Waals surface area contributed by atoms with E-state index in [4.69, 9.17) is 5.11 Å². The molecule has 19 heavy (non-hydrogen) atoms. The summed E-state index contributed by atoms with van der Waals surface area (Å²) in [6.45, 7) is 1.56. The van der Waals surface area contributed by atoms with Gasteiger partial charge < -0.3 is 15.1 Å². The maximum absolute atomic E-state index is 13.0. The minimum absolute atomic E-state index is 0.0152. The molecule has 0 aromatic heterocycles. The van der Waals surface area contributed by atoms with E-state index in [0.717, 1.165) is 11.0 Å². The molecule has 0 saturated carbocycles. The second kappa shape index (κ2) is 4.97. The first-order valence-corrected chi connectivity index (χ1v) is 5.88. The van der Waals surface area contributed by atoms with Crippen LogP contribution in [0.1, 0.15) is 22.3 Å². The highest BCUT2D eigenvalue weighted by Gasteiger charge is 2.39. The Bertz CT molecular complexity index is 531. The van der Waals surface area contributed by atoms with Gasteiger partial charge in [-0.25, -0.2) is 9.18 Å². The van der Waals surface area contributed by atoms with Gasteiger partial charge >= 0.3 is 5.97 Å². The molecule has 6 heteroatoms. The zero-order valence-electron chi connectivity index (χ0n) is 10.3. The number of benzene rings is 1. The molecule has 2 N–H and O–H groups in total. The second-order valence-corrected chi connectivity index (χ2v) is 4.66. The maximum Gasteiger partial charge on any atom is 0.326 e. The fraction of sp³-hybridized carbons (Fsp3) is 0.385. The van der Waals surface area contributed by atoms with Crippen LogP contribution in [-0.2, 0) is 4.79 Å². The fourth-order valence-electron chi connectivity index (χ4n) is 2.29. The zero-order chi connectivity index (χ0) is 14.2. The number of aliphatic hydroxyl groups excluding tert-OH is 1. The molecule has 1 heterocycles. The monoisotopic (exact) mass is 267 g/mol. The number of hydrogen-bond donors (Lipinski definition) is 2. The number of amides is 1. The van der Waals surface area contributed by atoms with E-state index in [1.54, 1.807) is 6.92 Å². The molecule has 5 nitrogen and oxygen atoms in total. The number of aliphatic carboxylic acids is 1. The van der Waals surface area contributed by atoms with Gasteiger partial charge in [0.2, 0.25) is 0 Å². The molecule has 1 aliphatic heterocycles. The minimum Gasteiger partial charge on any atom is -0.480 e. The van der Waals surface area contributed by atoms with Crippen LogP contribution in [0.4, 0.5) is 4.39 Å². The molecular formula is C13H14FNO4. The molecule has 0 aliphatic carbocycles. The number of nitrogens with zero attached hydrogens (tertiary/aromatic N) is 1. The number of carbonyl (C=O) groups is 2. The van der Waals surface area contributed by atoms with E-state index in [9.17, 15) is 19.1 Å². The molecule has 1 aromatic rings. The van der Waals surface area contributed by atoms with Gasteiger partial charge in [0.25, 0.3) is 5.91 Å². The number of aliphatic hydroxyl groups is 1. The number of hydrogen-bond acceptors (Lipinski definition) is 3. The molecule has 0 bridgehead atoms. The van der Waals surface area contributed by atoms with Crippen molar-refractivity contribution in [1.29, 1.82) is 0 Å². The SMILES string of the molecule is Cc1cc(F)ccc1C(=O)N1CC(O)CC1C(=O)O. The molecule has 2 rings (SSSR count). The van der Waals surface area contributed by atoms with Crippen LogP contribution < -0.4 is 0 Å². The minimum atomic E-state index is -1.15. The van der Waals surface area contributed by atoms with Crippen LogP contribution in [0.2, 0.25) is 0 Å². The molecule has 1 aliphatic rings. The van der Waals surface area contributed by atoms with Gasteiger partial charge in [-0.15, -0.1) is 0 Å². The van der Waals surface area contributed by atoms with Crippen molar-refractivity contribution in [2.75, 3.05) is 6.54 Å². The summed E-state index contributed by atoms with van der Waals surface area (Å²) in [6, 6.07) is 2.67. The van der Waals surface area contributed by atoms with Gasteiger partial charge in [0.05, 0.1) is 6.10 Å². The van der Waals surface area contributed by atoms with Gasteiger partial charge in [0.1, 0.15) is 11.9 Å². The highest BCUT2D eigenvalue weighted by molar-refractivity contribution is 5.98. The van der Waals surface area contributed by atoms with Crippen LogP contribution in [0.15, 0.2) is 18.2 Å². The predicted octanol–water partition coefficient (Wildman–Crippen LogP) is 0.794. The molecule has 0 radical (unpaired) electrons. The smallest absolute Gasteiger partial charge is 0.326 e. The third-order valence-electron chi connectivity index (χ3n) is 3.24. The Kier molecular flexibility index (Phi) is 3.53. The third kappa shape index (κ3) is 2.58. The summed E-state index contributed by atoms with van der Waals surface area (Å²) in [7, 11) is 0. The van der Waals surface area contributed by atoms with Crippen molar-refractivity contribution in [3.05, 3.63) is 35.1 Å². The number of rotatable bonds is 2. The van der Waals surface area contributed by atoms with Crippen molar-refractivity contribution in [3.8, 4) is 0 Å². The second-order valence-electron chi connectivity index (χ2n) is 4.66. The third-order valence-corrected chi connectivity index (χ3v) is 3.24. The number of aryl methyl sites for hydroxylation is 1. The van der Waals surface area contributed by atoms with Gasteiger partial charge in [0.15, 0.2) is 0 Å². The van der Waals surface area contributed by atoms with Crippen molar-refractivity contribution >= 4 is 11.9 Å². The highest BCUT2D eigenvalue weighted by atomic mass is 19.1. The number of likely N-dealkylation sites (tertiary alicyclic amines) is 1. The lowest BCUT2D eigenvalue weighted by Gasteiger charge is -2.22. The predicted molar refractivity (Wildman–Crippen MR) is 64.2 cm³/mol. The van der Waals surface area contributed by atoms with Crippen molar-refractivity contribution in [2.24, 2.45) is 0 Å². The molecule has 1 amide bonds. The van der Waals surface area contributed by atoms with E-state index in [0.29, 0.717) is 5.56 Å². The van der Waals surface area contributed by atoms with Gasteiger partial charge in [0, 0.05) is 18.5 Å². The van der Waals surface area contributed by atoms with E-state index in [1.807, 2.05) is 0 Å². The van der Waals surface area contributed by atoms with Crippen LogP contribution in [0.3, 0.4) is 0 Å². The molecular weight excluding hydrogens is 253 g/mol. The molecule has 2 unspecified atom stereocenters. The average molecular weight is 267 g/mol. The Hall–Kier alpha value is -1.95. The average Bonchev–Trinajstić information content (AvgIpc) is 2.70. The quantitative estimate of drug-likeness (QED) is 0.830. The van der Waals surface area contributed by atoms with Crippen LogP contribution >= 0.6 is 0 Å². The fourth-order valence-corrected chi connectivity index (χ4v) is 2.29. The molecule has 2 atom stereocenters. The Morgan fingerprint density at radius 1 is 1.42 bits per heavy atom. The Labute approximate surface area is 109 Å². The molecule has 102 valence electrons. The highest BCUT2D eigenvalue weighted by Crippen LogP contribution is 2.22. The van der Waals surface area contributed by atoms with Gasteiger partial charge in [-0.3, -0.25) is 4.79 Å². The van der Waals surface area contributed by atoms with Crippen molar-refractivity contribution in [1.82, 2.24) is 4.90 Å². The standard InChI is InChI=1S/C13H14FNO4/c1-7-4-8(14)2-3-10(7)12(17)15-6-9(16)5-11(15)13(18)19/h2-4,9,11,16H,5-6H2,1H3,(H,18,19). The van der Waals surface area contributed by atoms with E-state index >= 15 is 0 Å². The van der Waals surface area contributed by atoms with Gasteiger partial charge in [-0.05, 0) is 30.7 Å². The summed E-state index contributed by atoms with van der Waals surface area (Å²) in [5, 5.41) is 18.6. The Morgan fingerprint density at radius 2 is 2.11 bits per heavy atom. The number of carboxylic acid groups (broad SMARTS) is 1. The summed E-state index contributed by atoms with van der Waals surface area (Å²) in [5.74, 6) is -2.10. The van der Waals surface area contributed by atoms with E-state index in [1.165, 1.54) is 12.1 Å². The Balaban J connectivity index is 2.30. The van der Waals surface area contributed by atoms with Crippen LogP contribution in [0.5, 0.6) is 0 Å². The van der Waals surface area contributed by atoms with Crippen molar-refractivity contribution < 1.29 is 24.2 Å². The lowest BCUT2D eigenvalue weighted by molar-refractivity contribution is -0.141. The Morgan fingerprint density at radius 3 is 2.68 bits per heavy atom. The van der Waals surface area contributed by atoms with E-state index < -0.39 is 29.8 Å². The topological polar surface area (TPSA) is 77.8 Å². The normalized spacial score (nSPS) is 22.6. The maximum atomic E-state index is 13.0. The van der Waals surface area contributed by atoms with Gasteiger partial charge in [-0.1, -0.05) is 0 Å². The summed E-state index contributed by atoms with van der Waals surface area (Å²) in [5.41, 5.74) is 0.692. The largest absolute Gasteiger partial charge is 0.480 e. The number of carbonyl (C=O) groups excluding carboxylic acids is 1. The number of β-amino-alcohol motifs (C(OH)–C–C–N with tert-alkyl or cyclic N) is 1. The van der Waals surface area contributed by atoms with Crippen molar-refractivity contribution in [2.45, 2.75) is 25.5 Å². The summed E-state index contributed by atoms with van der Waals surface area (Å²) in [4.78, 5) is 24.5. The van der Waals surface area contributed by atoms with Crippen LogP contribution in [0.25, 0.3) is 0 Å². The zero-order valence-corrected chi connectivity index (χ0v) is 10.3. The lowest BCUT2D eigenvalue weighted by Crippen LogP contribution is -2.40. The van der Waals surface area contributed by atoms with Gasteiger partial charge in [-0.2, -0.15) is 0 Å². The van der Waals surface area contributed by atoms with E-state index in [2.05, 4.69) is 0 Å². The van der Waals surface area contributed by atoms with E-state index in [-0.39, 0.29) is 18.5 Å². The van der Waals surface area contributed by atoms with Crippen LogP contribution in [0, 0.1) is 12.7 Å².